The van der Waals surface area contributed by atoms with Crippen molar-refractivity contribution in [2.75, 3.05) is 26.7 Å². The van der Waals surface area contributed by atoms with Crippen molar-refractivity contribution in [2.45, 2.75) is 44.9 Å². The van der Waals surface area contributed by atoms with Crippen LogP contribution in [0.4, 0.5) is 0 Å². The minimum atomic E-state index is 0.177. The Morgan fingerprint density at radius 1 is 1.53 bits per heavy atom. The topological polar surface area (TPSA) is 37.4 Å². The molecule has 3 rings (SSSR count). The van der Waals surface area contributed by atoms with E-state index in [1.54, 1.807) is 0 Å². The van der Waals surface area contributed by atoms with Crippen LogP contribution < -0.4 is 5.32 Å². The lowest BCUT2D eigenvalue weighted by Crippen LogP contribution is -2.42. The molecular formula is C14H23N3OS. The van der Waals surface area contributed by atoms with Gasteiger partial charge in [-0.3, -0.25) is 4.90 Å². The van der Waals surface area contributed by atoms with Gasteiger partial charge in [0.15, 0.2) is 0 Å². The minimum absolute atomic E-state index is 0.177. The number of aromatic nitrogens is 1. The molecule has 0 radical (unpaired) electrons. The Labute approximate surface area is 119 Å². The molecule has 1 aromatic heterocycles. The fourth-order valence-electron chi connectivity index (χ4n) is 3.07. The first-order chi connectivity index (χ1) is 9.19. The third kappa shape index (κ3) is 2.57. The van der Waals surface area contributed by atoms with Crippen LogP contribution in [0, 0.1) is 6.92 Å². The van der Waals surface area contributed by atoms with Crippen molar-refractivity contribution < 1.29 is 4.74 Å². The monoisotopic (exact) mass is 281 g/mol. The van der Waals surface area contributed by atoms with E-state index in [0.717, 1.165) is 23.9 Å². The van der Waals surface area contributed by atoms with Crippen LogP contribution in [0.25, 0.3) is 0 Å². The number of aryl methyl sites for hydroxylation is 1. The van der Waals surface area contributed by atoms with Crippen molar-refractivity contribution in [3.05, 3.63) is 15.6 Å². The molecule has 2 aliphatic heterocycles. The zero-order chi connectivity index (χ0) is 13.4. The van der Waals surface area contributed by atoms with Gasteiger partial charge in [-0.05, 0) is 40.3 Å². The van der Waals surface area contributed by atoms with E-state index in [2.05, 4.69) is 24.1 Å². The normalized spacial score (nSPS) is 29.4. The summed E-state index contributed by atoms with van der Waals surface area (Å²) in [6.45, 7) is 7.41. The van der Waals surface area contributed by atoms with Gasteiger partial charge in [0.25, 0.3) is 0 Å². The highest BCUT2D eigenvalue weighted by atomic mass is 32.1. The Hall–Kier alpha value is -0.490. The van der Waals surface area contributed by atoms with Crippen LogP contribution in [0.5, 0.6) is 0 Å². The highest BCUT2D eigenvalue weighted by molar-refractivity contribution is 7.11. The summed E-state index contributed by atoms with van der Waals surface area (Å²) in [5.41, 5.74) is 1.15. The van der Waals surface area contributed by atoms with Crippen LogP contribution in [0.15, 0.2) is 0 Å². The lowest BCUT2D eigenvalue weighted by atomic mass is 10.2. The van der Waals surface area contributed by atoms with Crippen LogP contribution in [-0.2, 0) is 4.74 Å². The van der Waals surface area contributed by atoms with Crippen molar-refractivity contribution in [3.63, 3.8) is 0 Å². The van der Waals surface area contributed by atoms with Gasteiger partial charge in [-0.15, -0.1) is 11.3 Å². The van der Waals surface area contributed by atoms with Crippen molar-refractivity contribution >= 4 is 11.3 Å². The number of nitrogens with one attached hydrogen (secondary N) is 1. The summed E-state index contributed by atoms with van der Waals surface area (Å²) in [4.78, 5) is 8.66. The fourth-order valence-corrected chi connectivity index (χ4v) is 4.24. The maximum atomic E-state index is 6.05. The van der Waals surface area contributed by atoms with E-state index in [9.17, 15) is 0 Å². The molecule has 3 atom stereocenters. The van der Waals surface area contributed by atoms with E-state index in [1.807, 2.05) is 18.4 Å². The van der Waals surface area contributed by atoms with Crippen molar-refractivity contribution in [3.8, 4) is 0 Å². The fraction of sp³-hybridized carbons (Fsp3) is 0.786. The van der Waals surface area contributed by atoms with Crippen molar-refractivity contribution in [1.29, 1.82) is 0 Å². The third-order valence-corrected chi connectivity index (χ3v) is 5.77. The first-order valence-corrected chi connectivity index (χ1v) is 8.01. The molecule has 1 N–H and O–H groups in total. The molecule has 0 bridgehead atoms. The van der Waals surface area contributed by atoms with E-state index < -0.39 is 0 Å². The molecule has 4 nitrogen and oxygen atoms in total. The molecule has 0 aromatic carbocycles. The van der Waals surface area contributed by atoms with Crippen LogP contribution in [0.2, 0.25) is 0 Å². The van der Waals surface area contributed by atoms with E-state index >= 15 is 0 Å². The lowest BCUT2D eigenvalue weighted by Gasteiger charge is -2.34. The van der Waals surface area contributed by atoms with Crippen LogP contribution in [0.1, 0.15) is 47.5 Å². The van der Waals surface area contributed by atoms with Crippen LogP contribution in [0.3, 0.4) is 0 Å². The summed E-state index contributed by atoms with van der Waals surface area (Å²) in [6.07, 6.45) is 2.79. The summed E-state index contributed by atoms with van der Waals surface area (Å²) < 4.78 is 6.05. The summed E-state index contributed by atoms with van der Waals surface area (Å²) >= 11 is 1.81. The highest BCUT2D eigenvalue weighted by Crippen LogP contribution is 2.34. The van der Waals surface area contributed by atoms with Crippen molar-refractivity contribution in [1.82, 2.24) is 15.2 Å². The first-order valence-electron chi connectivity index (χ1n) is 7.19. The van der Waals surface area contributed by atoms with Gasteiger partial charge in [0, 0.05) is 23.5 Å². The van der Waals surface area contributed by atoms with Crippen molar-refractivity contribution in [2.24, 2.45) is 0 Å². The van der Waals surface area contributed by atoms with Gasteiger partial charge in [-0.25, -0.2) is 4.98 Å². The average molecular weight is 281 g/mol. The molecule has 2 saturated heterocycles. The Bertz CT molecular complexity index is 448. The predicted molar refractivity (Wildman–Crippen MR) is 77.6 cm³/mol. The molecule has 0 saturated carbocycles. The van der Waals surface area contributed by atoms with E-state index in [-0.39, 0.29) is 6.10 Å². The molecule has 2 fully saturated rings. The molecule has 106 valence electrons. The third-order valence-electron chi connectivity index (χ3n) is 4.34. The van der Waals surface area contributed by atoms with Gasteiger partial charge < -0.3 is 10.1 Å². The first kappa shape index (κ1) is 13.5. The zero-order valence-corrected chi connectivity index (χ0v) is 12.8. The molecule has 0 aliphatic carbocycles. The van der Waals surface area contributed by atoms with E-state index in [0.29, 0.717) is 12.1 Å². The largest absolute Gasteiger partial charge is 0.368 e. The van der Waals surface area contributed by atoms with E-state index in [1.165, 1.54) is 24.3 Å². The summed E-state index contributed by atoms with van der Waals surface area (Å²) in [5.74, 6) is 0. The molecule has 3 heterocycles. The predicted octanol–water partition coefficient (Wildman–Crippen LogP) is 2.27. The molecule has 0 amide bonds. The van der Waals surface area contributed by atoms with Gasteiger partial charge in [0.05, 0.1) is 12.3 Å². The number of rotatable bonds is 3. The number of hydrogen-bond donors (Lipinski definition) is 1. The summed E-state index contributed by atoms with van der Waals surface area (Å²) in [6, 6.07) is 1.03. The highest BCUT2D eigenvalue weighted by Gasteiger charge is 2.34. The van der Waals surface area contributed by atoms with Crippen LogP contribution in [-0.4, -0.2) is 42.7 Å². The second-order valence-electron chi connectivity index (χ2n) is 5.63. The zero-order valence-electron chi connectivity index (χ0n) is 12.0. The van der Waals surface area contributed by atoms with Gasteiger partial charge >= 0.3 is 0 Å². The summed E-state index contributed by atoms with van der Waals surface area (Å²) in [7, 11) is 2.00. The molecule has 1 aromatic rings. The molecule has 2 aliphatic rings. The van der Waals surface area contributed by atoms with E-state index in [4.69, 9.17) is 9.72 Å². The minimum Gasteiger partial charge on any atom is -0.368 e. The number of nitrogens with zero attached hydrogens (tertiary/aromatic N) is 2. The van der Waals surface area contributed by atoms with Gasteiger partial charge in [-0.1, -0.05) is 0 Å². The smallest absolute Gasteiger partial charge is 0.123 e. The second-order valence-corrected chi connectivity index (χ2v) is 6.69. The number of morpholine rings is 1. The molecule has 5 heteroatoms. The molecule has 3 unspecified atom stereocenters. The molecular weight excluding hydrogens is 258 g/mol. The molecule has 0 spiro atoms. The maximum Gasteiger partial charge on any atom is 0.123 e. The quantitative estimate of drug-likeness (QED) is 0.922. The Morgan fingerprint density at radius 3 is 3.16 bits per heavy atom. The van der Waals surface area contributed by atoms with Gasteiger partial charge in [-0.2, -0.15) is 0 Å². The van der Waals surface area contributed by atoms with Gasteiger partial charge in [0.2, 0.25) is 0 Å². The number of thiazole rings is 1. The van der Waals surface area contributed by atoms with Crippen LogP contribution >= 0.6 is 11.3 Å². The Morgan fingerprint density at radius 2 is 2.37 bits per heavy atom. The SMILES string of the molecule is CNC(C)c1sc(C2CN3CCCC3CO2)nc1C. The molecule has 19 heavy (non-hydrogen) atoms. The average Bonchev–Trinajstić information content (AvgIpc) is 3.03. The number of hydrogen-bond acceptors (Lipinski definition) is 5. The number of ether oxygens (including phenoxy) is 1. The lowest BCUT2D eigenvalue weighted by molar-refractivity contribution is -0.0502. The maximum absolute atomic E-state index is 6.05. The summed E-state index contributed by atoms with van der Waals surface area (Å²) in [5, 5.41) is 4.45. The second kappa shape index (κ2) is 5.48. The Kier molecular flexibility index (Phi) is 3.89. The Balaban J connectivity index is 1.75. The number of fused-ring (bicyclic) bond motifs is 1. The standard InChI is InChI=1S/C14H23N3OS/c1-9(15-3)13-10(2)16-14(19-13)12-7-17-6-4-5-11(17)8-18-12/h9,11-12,15H,4-8H2,1-3H3. The van der Waals surface area contributed by atoms with Gasteiger partial charge in [0.1, 0.15) is 11.1 Å².